The lowest BCUT2D eigenvalue weighted by molar-refractivity contribution is -0.133. The summed E-state index contributed by atoms with van der Waals surface area (Å²) < 4.78 is 7.17. The highest BCUT2D eigenvalue weighted by Crippen LogP contribution is 2.31. The SMILES string of the molecule is COc1ccc2nc(SCC(=O)O)n(C(C)C(C)C)c2n1. The van der Waals surface area contributed by atoms with Crippen LogP contribution in [-0.4, -0.2) is 38.5 Å². The van der Waals surface area contributed by atoms with Gasteiger partial charge in [0.25, 0.3) is 0 Å². The van der Waals surface area contributed by atoms with Crippen molar-refractivity contribution in [1.29, 1.82) is 0 Å². The van der Waals surface area contributed by atoms with E-state index in [2.05, 4.69) is 30.7 Å². The summed E-state index contributed by atoms with van der Waals surface area (Å²) in [5.41, 5.74) is 1.47. The van der Waals surface area contributed by atoms with Crippen LogP contribution in [0.4, 0.5) is 0 Å². The topological polar surface area (TPSA) is 77.2 Å². The van der Waals surface area contributed by atoms with E-state index in [1.54, 1.807) is 13.2 Å². The number of thioether (sulfide) groups is 1. The summed E-state index contributed by atoms with van der Waals surface area (Å²) in [6.07, 6.45) is 0. The number of carboxylic acid groups (broad SMARTS) is 1. The van der Waals surface area contributed by atoms with Crippen molar-refractivity contribution < 1.29 is 14.6 Å². The molecule has 0 aliphatic carbocycles. The van der Waals surface area contributed by atoms with Crippen molar-refractivity contribution in [2.45, 2.75) is 32.0 Å². The Bertz CT molecular complexity index is 654. The molecular weight excluding hydrogens is 290 g/mol. The van der Waals surface area contributed by atoms with Crippen LogP contribution in [0.1, 0.15) is 26.8 Å². The number of methoxy groups -OCH3 is 1. The summed E-state index contributed by atoms with van der Waals surface area (Å²) in [7, 11) is 1.57. The maximum absolute atomic E-state index is 10.8. The van der Waals surface area contributed by atoms with Crippen molar-refractivity contribution in [3.05, 3.63) is 12.1 Å². The van der Waals surface area contributed by atoms with Crippen molar-refractivity contribution in [2.24, 2.45) is 5.92 Å². The highest BCUT2D eigenvalue weighted by atomic mass is 32.2. The average molecular weight is 309 g/mol. The average Bonchev–Trinajstić information content (AvgIpc) is 2.81. The predicted octanol–water partition coefficient (Wildman–Crippen LogP) is 2.83. The molecule has 114 valence electrons. The zero-order chi connectivity index (χ0) is 15.6. The van der Waals surface area contributed by atoms with E-state index >= 15 is 0 Å². The lowest BCUT2D eigenvalue weighted by Gasteiger charge is -2.20. The molecule has 0 bridgehead atoms. The Morgan fingerprint density at radius 3 is 2.67 bits per heavy atom. The van der Waals surface area contributed by atoms with Crippen molar-refractivity contribution in [3.8, 4) is 5.88 Å². The first-order chi connectivity index (χ1) is 9.93. The third-order valence-corrected chi connectivity index (χ3v) is 4.32. The Morgan fingerprint density at radius 1 is 1.38 bits per heavy atom. The fourth-order valence-corrected chi connectivity index (χ4v) is 2.75. The maximum Gasteiger partial charge on any atom is 0.313 e. The number of hydrogen-bond donors (Lipinski definition) is 1. The summed E-state index contributed by atoms with van der Waals surface area (Å²) in [6.45, 7) is 6.31. The Morgan fingerprint density at radius 2 is 2.10 bits per heavy atom. The van der Waals surface area contributed by atoms with Crippen LogP contribution >= 0.6 is 11.8 Å². The summed E-state index contributed by atoms with van der Waals surface area (Å²) >= 11 is 1.21. The van der Waals surface area contributed by atoms with Crippen LogP contribution in [0.15, 0.2) is 17.3 Å². The lowest BCUT2D eigenvalue weighted by Crippen LogP contribution is -2.14. The predicted molar refractivity (Wildman–Crippen MR) is 82.0 cm³/mol. The molecule has 0 fully saturated rings. The minimum absolute atomic E-state index is 0.0225. The number of hydrogen-bond acceptors (Lipinski definition) is 5. The van der Waals surface area contributed by atoms with E-state index in [4.69, 9.17) is 9.84 Å². The Hall–Kier alpha value is -1.76. The molecule has 0 aromatic carbocycles. The largest absolute Gasteiger partial charge is 0.481 e. The number of fused-ring (bicyclic) bond motifs is 1. The molecule has 21 heavy (non-hydrogen) atoms. The van der Waals surface area contributed by atoms with E-state index in [-0.39, 0.29) is 11.8 Å². The quantitative estimate of drug-likeness (QED) is 0.827. The van der Waals surface area contributed by atoms with Gasteiger partial charge in [0.2, 0.25) is 5.88 Å². The minimum atomic E-state index is -0.860. The molecule has 2 rings (SSSR count). The van der Waals surface area contributed by atoms with Gasteiger partial charge in [-0.3, -0.25) is 4.79 Å². The number of carbonyl (C=O) groups is 1. The fraction of sp³-hybridized carbons (Fsp3) is 0.500. The lowest BCUT2D eigenvalue weighted by atomic mass is 10.1. The third kappa shape index (κ3) is 3.29. The van der Waals surface area contributed by atoms with Gasteiger partial charge in [0.05, 0.1) is 12.9 Å². The van der Waals surface area contributed by atoms with Crippen LogP contribution in [0, 0.1) is 5.92 Å². The minimum Gasteiger partial charge on any atom is -0.481 e. The van der Waals surface area contributed by atoms with E-state index in [0.29, 0.717) is 17.0 Å². The van der Waals surface area contributed by atoms with Gasteiger partial charge in [-0.2, -0.15) is 4.98 Å². The molecule has 0 aliphatic rings. The molecule has 0 spiro atoms. The molecule has 2 aromatic rings. The fourth-order valence-electron chi connectivity index (χ4n) is 1.94. The number of aromatic nitrogens is 3. The van der Waals surface area contributed by atoms with E-state index in [9.17, 15) is 4.79 Å². The molecule has 7 heteroatoms. The first kappa shape index (κ1) is 15.6. The Kier molecular flexibility index (Phi) is 4.72. The molecular formula is C14H19N3O3S. The molecule has 1 N–H and O–H groups in total. The van der Waals surface area contributed by atoms with E-state index in [1.165, 1.54) is 11.8 Å². The molecule has 0 radical (unpaired) electrons. The molecule has 1 atom stereocenters. The van der Waals surface area contributed by atoms with Crippen LogP contribution in [0.2, 0.25) is 0 Å². The zero-order valence-corrected chi connectivity index (χ0v) is 13.3. The summed E-state index contributed by atoms with van der Waals surface area (Å²) in [6, 6.07) is 3.76. The van der Waals surface area contributed by atoms with Crippen LogP contribution < -0.4 is 4.74 Å². The first-order valence-corrected chi connectivity index (χ1v) is 7.70. The second-order valence-electron chi connectivity index (χ2n) is 5.13. The van der Waals surface area contributed by atoms with E-state index in [1.807, 2.05) is 10.6 Å². The van der Waals surface area contributed by atoms with Crippen molar-refractivity contribution in [1.82, 2.24) is 14.5 Å². The number of rotatable bonds is 6. The summed E-state index contributed by atoms with van der Waals surface area (Å²) in [5, 5.41) is 9.55. The van der Waals surface area contributed by atoms with Gasteiger partial charge in [-0.15, -0.1) is 0 Å². The number of nitrogens with zero attached hydrogens (tertiary/aromatic N) is 3. The van der Waals surface area contributed by atoms with Gasteiger partial charge >= 0.3 is 5.97 Å². The summed E-state index contributed by atoms with van der Waals surface area (Å²) in [4.78, 5) is 19.8. The van der Waals surface area contributed by atoms with Gasteiger partial charge in [0.15, 0.2) is 10.8 Å². The molecule has 1 unspecified atom stereocenters. The molecule has 6 nitrogen and oxygen atoms in total. The number of ether oxygens (including phenoxy) is 1. The van der Waals surface area contributed by atoms with E-state index in [0.717, 1.165) is 11.2 Å². The second kappa shape index (κ2) is 6.34. The molecule has 2 aromatic heterocycles. The highest BCUT2D eigenvalue weighted by molar-refractivity contribution is 7.99. The van der Waals surface area contributed by atoms with Gasteiger partial charge in [0.1, 0.15) is 5.52 Å². The van der Waals surface area contributed by atoms with Gasteiger partial charge in [-0.25, -0.2) is 4.98 Å². The van der Waals surface area contributed by atoms with Gasteiger partial charge in [-0.1, -0.05) is 25.6 Å². The monoisotopic (exact) mass is 309 g/mol. The Balaban J connectivity index is 2.55. The van der Waals surface area contributed by atoms with Gasteiger partial charge < -0.3 is 14.4 Å². The standard InChI is InChI=1S/C14H19N3O3S/c1-8(2)9(3)17-13-10(5-6-11(16-13)20-4)15-14(17)21-7-12(18)19/h5-6,8-9H,7H2,1-4H3,(H,18,19). The molecule has 0 saturated heterocycles. The first-order valence-electron chi connectivity index (χ1n) is 6.71. The number of carboxylic acids is 1. The van der Waals surface area contributed by atoms with Gasteiger partial charge in [-0.05, 0) is 18.9 Å². The maximum atomic E-state index is 10.8. The zero-order valence-electron chi connectivity index (χ0n) is 12.5. The van der Waals surface area contributed by atoms with Crippen LogP contribution in [0.25, 0.3) is 11.2 Å². The molecule has 0 saturated carbocycles. The third-order valence-electron chi connectivity index (χ3n) is 3.39. The van der Waals surface area contributed by atoms with Crippen molar-refractivity contribution in [2.75, 3.05) is 12.9 Å². The molecule has 0 amide bonds. The number of imidazole rings is 1. The Labute approximate surface area is 127 Å². The second-order valence-corrected chi connectivity index (χ2v) is 6.07. The molecule has 0 aliphatic heterocycles. The smallest absolute Gasteiger partial charge is 0.313 e. The van der Waals surface area contributed by atoms with Crippen LogP contribution in [0.5, 0.6) is 5.88 Å². The highest BCUT2D eigenvalue weighted by Gasteiger charge is 2.20. The van der Waals surface area contributed by atoms with Crippen molar-refractivity contribution >= 4 is 28.9 Å². The molecule has 2 heterocycles. The number of pyridine rings is 1. The van der Waals surface area contributed by atoms with Crippen LogP contribution in [0.3, 0.4) is 0 Å². The van der Waals surface area contributed by atoms with Gasteiger partial charge in [0, 0.05) is 12.1 Å². The number of aliphatic carboxylic acids is 1. The normalized spacial score (nSPS) is 12.8. The van der Waals surface area contributed by atoms with Crippen LogP contribution in [-0.2, 0) is 4.79 Å². The van der Waals surface area contributed by atoms with Crippen molar-refractivity contribution in [3.63, 3.8) is 0 Å². The van der Waals surface area contributed by atoms with E-state index < -0.39 is 5.97 Å². The summed E-state index contributed by atoms with van der Waals surface area (Å²) in [5.74, 6) is 0.0148.